The van der Waals surface area contributed by atoms with Crippen LogP contribution in [0.3, 0.4) is 0 Å². The summed E-state index contributed by atoms with van der Waals surface area (Å²) in [7, 11) is 0. The van der Waals surface area contributed by atoms with E-state index in [1.807, 2.05) is 11.8 Å². The van der Waals surface area contributed by atoms with Gasteiger partial charge in [0.05, 0.1) is 19.1 Å². The molecule has 2 aliphatic heterocycles. The van der Waals surface area contributed by atoms with Gasteiger partial charge in [-0.2, -0.15) is 0 Å². The van der Waals surface area contributed by atoms with E-state index in [4.69, 9.17) is 4.74 Å². The van der Waals surface area contributed by atoms with Crippen molar-refractivity contribution in [1.82, 2.24) is 9.80 Å². The second kappa shape index (κ2) is 7.62. The predicted molar refractivity (Wildman–Crippen MR) is 76.2 cm³/mol. The number of carbonyl (C=O) groups is 2. The highest BCUT2D eigenvalue weighted by atomic mass is 16.5. The summed E-state index contributed by atoms with van der Waals surface area (Å²) in [5.74, 6) is -0.113. The number of likely N-dealkylation sites (tertiary alicyclic amines) is 2. The third kappa shape index (κ3) is 4.20. The van der Waals surface area contributed by atoms with Crippen molar-refractivity contribution < 1.29 is 14.3 Å². The third-order valence-corrected chi connectivity index (χ3v) is 4.20. The smallest absolute Gasteiger partial charge is 0.310 e. The van der Waals surface area contributed by atoms with Crippen molar-refractivity contribution in [2.24, 2.45) is 5.92 Å². The van der Waals surface area contributed by atoms with Crippen LogP contribution in [-0.4, -0.2) is 61.0 Å². The second-order valence-electron chi connectivity index (χ2n) is 5.77. The molecule has 1 atom stereocenters. The van der Waals surface area contributed by atoms with E-state index in [0.717, 1.165) is 32.5 Å². The van der Waals surface area contributed by atoms with Crippen molar-refractivity contribution in [2.45, 2.75) is 39.0 Å². The lowest BCUT2D eigenvalue weighted by Crippen LogP contribution is -2.47. The van der Waals surface area contributed by atoms with E-state index in [1.165, 1.54) is 19.3 Å². The fourth-order valence-corrected chi connectivity index (χ4v) is 3.06. The van der Waals surface area contributed by atoms with Gasteiger partial charge in [0.2, 0.25) is 5.91 Å². The summed E-state index contributed by atoms with van der Waals surface area (Å²) in [6.45, 7) is 6.11. The molecule has 0 saturated carbocycles. The van der Waals surface area contributed by atoms with Crippen LogP contribution in [0, 0.1) is 5.92 Å². The number of ether oxygens (including phenoxy) is 1. The van der Waals surface area contributed by atoms with Gasteiger partial charge < -0.3 is 9.64 Å². The van der Waals surface area contributed by atoms with E-state index >= 15 is 0 Å². The van der Waals surface area contributed by atoms with Crippen molar-refractivity contribution in [3.05, 3.63) is 0 Å². The van der Waals surface area contributed by atoms with E-state index < -0.39 is 0 Å². The van der Waals surface area contributed by atoms with Gasteiger partial charge in [0.1, 0.15) is 0 Å². The average molecular weight is 282 g/mol. The molecular weight excluding hydrogens is 256 g/mol. The van der Waals surface area contributed by atoms with E-state index in [0.29, 0.717) is 19.7 Å². The highest BCUT2D eigenvalue weighted by Gasteiger charge is 2.29. The number of hydrogen-bond donors (Lipinski definition) is 0. The van der Waals surface area contributed by atoms with Crippen molar-refractivity contribution >= 4 is 11.9 Å². The predicted octanol–water partition coefficient (Wildman–Crippen LogP) is 1.27. The molecule has 2 rings (SSSR count). The van der Waals surface area contributed by atoms with E-state index in [9.17, 15) is 9.59 Å². The first-order valence-corrected chi connectivity index (χ1v) is 7.87. The Balaban J connectivity index is 1.81. The van der Waals surface area contributed by atoms with Crippen LogP contribution in [-0.2, 0) is 14.3 Å². The fraction of sp³-hybridized carbons (Fsp3) is 0.867. The summed E-state index contributed by atoms with van der Waals surface area (Å²) in [5.41, 5.74) is 0. The zero-order valence-corrected chi connectivity index (χ0v) is 12.5. The number of amides is 1. The molecule has 0 spiro atoms. The highest BCUT2D eigenvalue weighted by molar-refractivity contribution is 5.80. The van der Waals surface area contributed by atoms with Gasteiger partial charge >= 0.3 is 5.97 Å². The summed E-state index contributed by atoms with van der Waals surface area (Å²) in [4.78, 5) is 28.2. The second-order valence-corrected chi connectivity index (χ2v) is 5.77. The molecule has 0 aromatic carbocycles. The van der Waals surface area contributed by atoms with E-state index in [1.54, 1.807) is 0 Å². The lowest BCUT2D eigenvalue weighted by molar-refractivity contribution is -0.151. The van der Waals surface area contributed by atoms with Crippen molar-refractivity contribution in [3.63, 3.8) is 0 Å². The maximum atomic E-state index is 12.3. The third-order valence-electron chi connectivity index (χ3n) is 4.20. The Labute approximate surface area is 121 Å². The molecule has 1 amide bonds. The molecule has 5 heteroatoms. The number of nitrogens with zero attached hydrogens (tertiary/aromatic N) is 2. The quantitative estimate of drug-likeness (QED) is 0.729. The van der Waals surface area contributed by atoms with Gasteiger partial charge in [0.25, 0.3) is 0 Å². The van der Waals surface area contributed by atoms with Crippen molar-refractivity contribution in [2.75, 3.05) is 39.3 Å². The van der Waals surface area contributed by atoms with Gasteiger partial charge in [-0.15, -0.1) is 0 Å². The minimum absolute atomic E-state index is 0.131. The molecule has 0 aliphatic carbocycles. The molecule has 2 saturated heterocycles. The van der Waals surface area contributed by atoms with Gasteiger partial charge in [0.15, 0.2) is 0 Å². The van der Waals surface area contributed by atoms with Crippen molar-refractivity contribution in [1.29, 1.82) is 0 Å². The number of rotatable bonds is 4. The van der Waals surface area contributed by atoms with Gasteiger partial charge in [-0.05, 0) is 45.7 Å². The number of hydrogen-bond acceptors (Lipinski definition) is 4. The first kappa shape index (κ1) is 15.3. The largest absolute Gasteiger partial charge is 0.466 e. The maximum absolute atomic E-state index is 12.3. The Kier molecular flexibility index (Phi) is 5.83. The van der Waals surface area contributed by atoms with Crippen LogP contribution in [0.2, 0.25) is 0 Å². The minimum atomic E-state index is -0.150. The zero-order valence-electron chi connectivity index (χ0n) is 12.5. The fourth-order valence-electron chi connectivity index (χ4n) is 3.06. The summed E-state index contributed by atoms with van der Waals surface area (Å²) in [6.07, 6.45) is 5.40. The topological polar surface area (TPSA) is 49.9 Å². The Morgan fingerprint density at radius 2 is 1.85 bits per heavy atom. The van der Waals surface area contributed by atoms with Crippen LogP contribution in [0.4, 0.5) is 0 Å². The standard InChI is InChI=1S/C15H26N2O3/c1-2-20-15(19)13-7-6-10-17(11-13)14(18)12-16-8-4-3-5-9-16/h13H,2-12H2,1H3. The first-order chi connectivity index (χ1) is 9.70. The molecule has 0 radical (unpaired) electrons. The Hall–Kier alpha value is -1.10. The van der Waals surface area contributed by atoms with Crippen LogP contribution in [0.1, 0.15) is 39.0 Å². The van der Waals surface area contributed by atoms with E-state index in [-0.39, 0.29) is 17.8 Å². The number of carbonyl (C=O) groups excluding carboxylic acids is 2. The van der Waals surface area contributed by atoms with Crippen LogP contribution < -0.4 is 0 Å². The van der Waals surface area contributed by atoms with Crippen molar-refractivity contribution in [3.8, 4) is 0 Å². The van der Waals surface area contributed by atoms with Crippen LogP contribution in [0.5, 0.6) is 0 Å². The highest BCUT2D eigenvalue weighted by Crippen LogP contribution is 2.18. The number of piperidine rings is 2. The molecule has 20 heavy (non-hydrogen) atoms. The van der Waals surface area contributed by atoms with Gasteiger partial charge in [-0.1, -0.05) is 6.42 Å². The Bertz CT molecular complexity index is 340. The van der Waals surface area contributed by atoms with Crippen LogP contribution in [0.15, 0.2) is 0 Å². The summed E-state index contributed by atoms with van der Waals surface area (Å²) in [5, 5.41) is 0. The summed E-state index contributed by atoms with van der Waals surface area (Å²) in [6, 6.07) is 0. The summed E-state index contributed by atoms with van der Waals surface area (Å²) < 4.78 is 5.07. The molecule has 0 N–H and O–H groups in total. The monoisotopic (exact) mass is 282 g/mol. The van der Waals surface area contributed by atoms with Crippen LogP contribution >= 0.6 is 0 Å². The Morgan fingerprint density at radius 3 is 2.55 bits per heavy atom. The SMILES string of the molecule is CCOC(=O)C1CCCN(C(=O)CN2CCCCC2)C1. The lowest BCUT2D eigenvalue weighted by atomic mass is 9.98. The molecule has 0 aromatic rings. The van der Waals surface area contributed by atoms with Gasteiger partial charge in [-0.25, -0.2) is 0 Å². The molecule has 2 heterocycles. The lowest BCUT2D eigenvalue weighted by Gasteiger charge is -2.34. The molecule has 2 fully saturated rings. The normalized spacial score (nSPS) is 24.4. The average Bonchev–Trinajstić information content (AvgIpc) is 2.48. The van der Waals surface area contributed by atoms with E-state index in [2.05, 4.69) is 4.90 Å². The minimum Gasteiger partial charge on any atom is -0.466 e. The van der Waals surface area contributed by atoms with Gasteiger partial charge in [-0.3, -0.25) is 14.5 Å². The number of esters is 1. The van der Waals surface area contributed by atoms with Gasteiger partial charge in [0, 0.05) is 13.1 Å². The zero-order chi connectivity index (χ0) is 14.4. The first-order valence-electron chi connectivity index (χ1n) is 7.87. The molecular formula is C15H26N2O3. The maximum Gasteiger partial charge on any atom is 0.310 e. The molecule has 0 aromatic heterocycles. The Morgan fingerprint density at radius 1 is 1.10 bits per heavy atom. The van der Waals surface area contributed by atoms with Crippen LogP contribution in [0.25, 0.3) is 0 Å². The molecule has 114 valence electrons. The molecule has 1 unspecified atom stereocenters. The molecule has 5 nitrogen and oxygen atoms in total. The molecule has 2 aliphatic rings. The molecule has 0 bridgehead atoms. The summed E-state index contributed by atoms with van der Waals surface area (Å²) >= 11 is 0.